The van der Waals surface area contributed by atoms with Crippen molar-refractivity contribution in [2.75, 3.05) is 26.2 Å². The molecule has 0 aromatic rings. The van der Waals surface area contributed by atoms with Crippen LogP contribution in [0.2, 0.25) is 0 Å². The van der Waals surface area contributed by atoms with Gasteiger partial charge in [-0.3, -0.25) is 0 Å². The van der Waals surface area contributed by atoms with Crippen LogP contribution in [0.3, 0.4) is 0 Å². The van der Waals surface area contributed by atoms with Crippen LogP contribution in [0.15, 0.2) is 0 Å². The van der Waals surface area contributed by atoms with Crippen LogP contribution in [-0.2, 0) is 0 Å². The normalized spacial score (nSPS) is 11.8. The van der Waals surface area contributed by atoms with E-state index < -0.39 is 0 Å². The minimum Gasteiger partial charge on any atom is -1.00 e. The highest BCUT2D eigenvalue weighted by Gasteiger charge is 2.26. The first-order valence-electron chi connectivity index (χ1n) is 36.1. The van der Waals surface area contributed by atoms with Crippen molar-refractivity contribution < 1.29 is 21.5 Å². The summed E-state index contributed by atoms with van der Waals surface area (Å²) in [5, 5.41) is 0. The summed E-state index contributed by atoms with van der Waals surface area (Å²) in [6, 6.07) is 0. The molecule has 0 amide bonds. The number of nitrogens with zero attached hydrogens (tertiary/aromatic N) is 1. The Morgan fingerprint density at radius 2 is 0.203 bits per heavy atom. The highest BCUT2D eigenvalue weighted by molar-refractivity contribution is 4.58. The third-order valence-electron chi connectivity index (χ3n) is 17.9. The average molecular weight is 1110 g/mol. The van der Waals surface area contributed by atoms with Crippen LogP contribution in [0.5, 0.6) is 0 Å². The summed E-state index contributed by atoms with van der Waals surface area (Å²) in [7, 11) is 0. The van der Waals surface area contributed by atoms with Crippen molar-refractivity contribution in [2.45, 2.75) is 439 Å². The lowest BCUT2D eigenvalue weighted by molar-refractivity contribution is -0.929. The van der Waals surface area contributed by atoms with E-state index in [2.05, 4.69) is 27.7 Å². The Morgan fingerprint density at radius 1 is 0.122 bits per heavy atom. The second-order valence-corrected chi connectivity index (χ2v) is 25.4. The molecule has 74 heavy (non-hydrogen) atoms. The Bertz CT molecular complexity index is 783. The summed E-state index contributed by atoms with van der Waals surface area (Å²) in [5.74, 6) is 0. The van der Waals surface area contributed by atoms with Crippen LogP contribution < -0.4 is 17.0 Å². The van der Waals surface area contributed by atoms with Gasteiger partial charge in [0, 0.05) is 0 Å². The third kappa shape index (κ3) is 63.3. The highest BCUT2D eigenvalue weighted by atomic mass is 79.9. The van der Waals surface area contributed by atoms with Gasteiger partial charge in [-0.05, 0) is 51.4 Å². The first kappa shape index (κ1) is 76.5. The zero-order valence-electron chi connectivity index (χ0n) is 52.9. The molecule has 0 aromatic heterocycles. The van der Waals surface area contributed by atoms with Crippen LogP contribution >= 0.6 is 0 Å². The number of hydrogen-bond donors (Lipinski definition) is 0. The molecule has 0 fully saturated rings. The molecule has 448 valence electrons. The molecule has 0 spiro atoms. The molecular weight excluding hydrogens is 959 g/mol. The highest BCUT2D eigenvalue weighted by Crippen LogP contribution is 2.23. The summed E-state index contributed by atoms with van der Waals surface area (Å²) < 4.78 is 1.49. The fraction of sp³-hybridized carbons (Fsp3) is 1.00. The van der Waals surface area contributed by atoms with Crippen molar-refractivity contribution in [1.82, 2.24) is 0 Å². The third-order valence-corrected chi connectivity index (χ3v) is 17.9. The Kier molecular flexibility index (Phi) is 71.9. The number of quaternary nitrogens is 1. The van der Waals surface area contributed by atoms with Gasteiger partial charge in [-0.2, -0.15) is 0 Å². The first-order valence-corrected chi connectivity index (χ1v) is 36.1. The molecular formula is C72H148BrN. The molecule has 2 heteroatoms. The second kappa shape index (κ2) is 69.5. The molecule has 0 saturated carbocycles. The van der Waals surface area contributed by atoms with Crippen LogP contribution in [0, 0.1) is 0 Å². The molecule has 0 aliphatic rings. The minimum absolute atomic E-state index is 0. The zero-order chi connectivity index (χ0) is 52.6. The quantitative estimate of drug-likeness (QED) is 0.0421. The maximum absolute atomic E-state index is 2.33. The van der Waals surface area contributed by atoms with Gasteiger partial charge >= 0.3 is 0 Å². The first-order chi connectivity index (χ1) is 36.2. The van der Waals surface area contributed by atoms with Crippen molar-refractivity contribution in [2.24, 2.45) is 0 Å². The van der Waals surface area contributed by atoms with E-state index in [1.165, 1.54) is 442 Å². The van der Waals surface area contributed by atoms with Crippen LogP contribution in [-0.4, -0.2) is 30.7 Å². The van der Waals surface area contributed by atoms with Crippen molar-refractivity contribution in [1.29, 1.82) is 0 Å². The van der Waals surface area contributed by atoms with E-state index in [-0.39, 0.29) is 17.0 Å². The summed E-state index contributed by atoms with van der Waals surface area (Å²) in [6.07, 6.45) is 94.7. The lowest BCUT2D eigenvalue weighted by atomic mass is 10.0. The predicted octanol–water partition coefficient (Wildman–Crippen LogP) is 23.9. The van der Waals surface area contributed by atoms with Gasteiger partial charge in [-0.1, -0.05) is 387 Å². The zero-order valence-corrected chi connectivity index (χ0v) is 54.5. The van der Waals surface area contributed by atoms with E-state index in [0.717, 1.165) is 0 Å². The van der Waals surface area contributed by atoms with Gasteiger partial charge < -0.3 is 21.5 Å². The standard InChI is InChI=1S/C72H148N.BrH/c1-5-9-13-17-21-25-29-33-37-41-45-49-53-57-61-65-69-73(70-66-62-58-54-50-46-42-38-34-30-26-22-18-14-10-6-2,71-67-63-59-55-51-47-43-39-35-31-27-23-19-15-11-7-3)72-68-64-60-56-52-48-44-40-36-32-28-24-20-16-12-8-4;/h5-72H2,1-4H3;1H/q+1;/p-1. The van der Waals surface area contributed by atoms with E-state index in [1.807, 2.05) is 0 Å². The molecule has 0 aromatic carbocycles. The summed E-state index contributed by atoms with van der Waals surface area (Å²) >= 11 is 0. The summed E-state index contributed by atoms with van der Waals surface area (Å²) in [4.78, 5) is 0. The molecule has 0 rings (SSSR count). The van der Waals surface area contributed by atoms with Crippen LogP contribution in [0.1, 0.15) is 439 Å². The monoisotopic (exact) mass is 1110 g/mol. The molecule has 0 heterocycles. The molecule has 0 bridgehead atoms. The summed E-state index contributed by atoms with van der Waals surface area (Å²) in [5.41, 5.74) is 0. The average Bonchev–Trinajstić information content (AvgIpc) is 3.40. The molecule has 0 N–H and O–H groups in total. The molecule has 0 radical (unpaired) electrons. The van der Waals surface area contributed by atoms with E-state index in [9.17, 15) is 0 Å². The van der Waals surface area contributed by atoms with Crippen LogP contribution in [0.4, 0.5) is 0 Å². The topological polar surface area (TPSA) is 0 Å². The molecule has 1 nitrogen and oxygen atoms in total. The minimum atomic E-state index is 0. The second-order valence-electron chi connectivity index (χ2n) is 25.4. The van der Waals surface area contributed by atoms with E-state index in [4.69, 9.17) is 0 Å². The number of rotatable bonds is 68. The van der Waals surface area contributed by atoms with Gasteiger partial charge in [-0.15, -0.1) is 0 Å². The van der Waals surface area contributed by atoms with Gasteiger partial charge in [0.15, 0.2) is 0 Å². The lowest BCUT2D eigenvalue weighted by Gasteiger charge is -2.40. The molecule has 0 aliphatic carbocycles. The lowest BCUT2D eigenvalue weighted by Crippen LogP contribution is -3.00. The SMILES string of the molecule is CCCCCCCCCCCCCCCCCC[N+](CCCCCCCCCCCCCCCCCC)(CCCCCCCCCCCCCCCCCC)CCCCCCCCCCCCCCCCCC.[Br-]. The van der Waals surface area contributed by atoms with Gasteiger partial charge in [0.2, 0.25) is 0 Å². The smallest absolute Gasteiger partial charge is 0.0786 e. The maximum Gasteiger partial charge on any atom is 0.0786 e. The van der Waals surface area contributed by atoms with Gasteiger partial charge in [-0.25, -0.2) is 0 Å². The molecule has 0 aliphatic heterocycles. The largest absolute Gasteiger partial charge is 1.00 e. The van der Waals surface area contributed by atoms with E-state index in [0.29, 0.717) is 0 Å². The van der Waals surface area contributed by atoms with Crippen LogP contribution in [0.25, 0.3) is 0 Å². The summed E-state index contributed by atoms with van der Waals surface area (Å²) in [6.45, 7) is 15.3. The van der Waals surface area contributed by atoms with Gasteiger partial charge in [0.1, 0.15) is 0 Å². The number of halogens is 1. The van der Waals surface area contributed by atoms with E-state index in [1.54, 1.807) is 0 Å². The van der Waals surface area contributed by atoms with Gasteiger partial charge in [0.05, 0.1) is 26.2 Å². The fourth-order valence-electron chi connectivity index (χ4n) is 12.7. The van der Waals surface area contributed by atoms with Crippen molar-refractivity contribution in [3.63, 3.8) is 0 Å². The fourth-order valence-corrected chi connectivity index (χ4v) is 12.7. The Labute approximate surface area is 483 Å². The maximum atomic E-state index is 2.33. The molecule has 0 atom stereocenters. The number of hydrogen-bond acceptors (Lipinski definition) is 0. The van der Waals surface area contributed by atoms with Crippen molar-refractivity contribution in [3.05, 3.63) is 0 Å². The van der Waals surface area contributed by atoms with Crippen molar-refractivity contribution in [3.8, 4) is 0 Å². The van der Waals surface area contributed by atoms with Crippen molar-refractivity contribution >= 4 is 0 Å². The Morgan fingerprint density at radius 3 is 0.297 bits per heavy atom. The Balaban J connectivity index is 0. The van der Waals surface area contributed by atoms with E-state index >= 15 is 0 Å². The Hall–Kier alpha value is 0.440. The van der Waals surface area contributed by atoms with Gasteiger partial charge in [0.25, 0.3) is 0 Å². The molecule has 0 saturated heterocycles. The molecule has 0 unspecified atom stereocenters. The number of unbranched alkanes of at least 4 members (excludes halogenated alkanes) is 60. The predicted molar refractivity (Wildman–Crippen MR) is 338 cm³/mol.